The van der Waals surface area contributed by atoms with E-state index in [0.717, 1.165) is 41.9 Å². The molecule has 39 heavy (non-hydrogen) atoms. The molecule has 2 aromatic carbocycles. The van der Waals surface area contributed by atoms with E-state index >= 15 is 0 Å². The summed E-state index contributed by atoms with van der Waals surface area (Å²) in [5, 5.41) is 4.26. The Morgan fingerprint density at radius 2 is 1.69 bits per heavy atom. The van der Waals surface area contributed by atoms with Gasteiger partial charge in [0.2, 0.25) is 0 Å². The minimum atomic E-state index is -4.42. The molecule has 208 valence electrons. The van der Waals surface area contributed by atoms with Crippen LogP contribution in [0.1, 0.15) is 30.7 Å². The molecule has 0 saturated heterocycles. The van der Waals surface area contributed by atoms with E-state index in [1.54, 1.807) is 38.2 Å². The highest BCUT2D eigenvalue weighted by Crippen LogP contribution is 2.43. The van der Waals surface area contributed by atoms with E-state index in [0.29, 0.717) is 21.8 Å². The number of nitrogens with one attached hydrogen (secondary N) is 1. The molecule has 0 saturated carbocycles. The molecular weight excluding hydrogens is 549 g/mol. The molecule has 4 rings (SSSR count). The largest absolute Gasteiger partial charge is 0.493 e. The van der Waals surface area contributed by atoms with E-state index in [-0.39, 0.29) is 15.8 Å². The molecule has 2 heterocycles. The summed E-state index contributed by atoms with van der Waals surface area (Å²) >= 11 is 1.13. The molecule has 12 heteroatoms. The van der Waals surface area contributed by atoms with Crippen LogP contribution in [-0.2, 0) is 17.1 Å². The van der Waals surface area contributed by atoms with E-state index in [9.17, 15) is 21.6 Å². The molecule has 0 amide bonds. The van der Waals surface area contributed by atoms with Crippen LogP contribution in [0.25, 0.3) is 21.7 Å². The first-order valence-corrected chi connectivity index (χ1v) is 14.3. The molecule has 0 spiro atoms. The van der Waals surface area contributed by atoms with Gasteiger partial charge in [0.05, 0.1) is 21.7 Å². The van der Waals surface area contributed by atoms with Gasteiger partial charge in [0, 0.05) is 18.8 Å². The maximum atomic E-state index is 13.3. The van der Waals surface area contributed by atoms with Crippen molar-refractivity contribution in [1.29, 1.82) is 0 Å². The Kier molecular flexibility index (Phi) is 7.56. The van der Waals surface area contributed by atoms with Crippen molar-refractivity contribution in [3.05, 3.63) is 65.5 Å². The van der Waals surface area contributed by atoms with Gasteiger partial charge in [-0.2, -0.15) is 18.3 Å². The van der Waals surface area contributed by atoms with Crippen molar-refractivity contribution in [3.8, 4) is 27.4 Å². The second kappa shape index (κ2) is 10.3. The number of benzene rings is 2. The average Bonchev–Trinajstić information content (AvgIpc) is 3.39. The molecule has 2 aromatic heterocycles. The van der Waals surface area contributed by atoms with Gasteiger partial charge in [-0.25, -0.2) is 13.4 Å². The Labute approximate surface area is 229 Å². The van der Waals surface area contributed by atoms with Crippen LogP contribution in [0.15, 0.2) is 53.6 Å². The van der Waals surface area contributed by atoms with E-state index in [2.05, 4.69) is 14.8 Å². The third-order valence-electron chi connectivity index (χ3n) is 6.29. The number of halogens is 3. The molecule has 4 aromatic rings. The van der Waals surface area contributed by atoms with Crippen molar-refractivity contribution < 1.29 is 26.3 Å². The van der Waals surface area contributed by atoms with Crippen LogP contribution in [-0.4, -0.2) is 36.0 Å². The third-order valence-corrected chi connectivity index (χ3v) is 8.88. The molecule has 0 radical (unpaired) electrons. The molecule has 1 N–H and O–H groups in total. The SMILES string of the molecule is Cc1cccc(C)c1-c1nc(NS(=O)(=O)c2cn(C)nc2C)sc1-c1cccc(OCC(C)(C)C(F)(F)F)c1. The lowest BCUT2D eigenvalue weighted by atomic mass is 9.94. The fraction of sp³-hybridized carbons (Fsp3) is 0.333. The quantitative estimate of drug-likeness (QED) is 0.246. The summed E-state index contributed by atoms with van der Waals surface area (Å²) in [4.78, 5) is 5.37. The Hall–Kier alpha value is -3.38. The molecule has 7 nitrogen and oxygen atoms in total. The Morgan fingerprint density at radius 1 is 1.05 bits per heavy atom. The van der Waals surface area contributed by atoms with Gasteiger partial charge in [0.25, 0.3) is 10.0 Å². The number of anilines is 1. The van der Waals surface area contributed by atoms with Crippen LogP contribution in [0.3, 0.4) is 0 Å². The molecule has 0 atom stereocenters. The lowest BCUT2D eigenvalue weighted by Gasteiger charge is -2.27. The minimum absolute atomic E-state index is 0.0399. The van der Waals surface area contributed by atoms with Crippen molar-refractivity contribution in [3.63, 3.8) is 0 Å². The second-order valence-electron chi connectivity index (χ2n) is 10.0. The maximum absolute atomic E-state index is 13.3. The second-order valence-corrected chi connectivity index (χ2v) is 12.7. The Balaban J connectivity index is 1.77. The van der Waals surface area contributed by atoms with Crippen molar-refractivity contribution in [2.75, 3.05) is 11.3 Å². The number of sulfonamides is 1. The number of hydrogen-bond acceptors (Lipinski definition) is 6. The third kappa shape index (κ3) is 5.96. The predicted molar refractivity (Wildman–Crippen MR) is 147 cm³/mol. The first-order valence-electron chi connectivity index (χ1n) is 12.0. The normalized spacial score (nSPS) is 12.5. The Bertz CT molecular complexity index is 1600. The lowest BCUT2D eigenvalue weighted by molar-refractivity contribution is -0.219. The van der Waals surface area contributed by atoms with Gasteiger partial charge in [0.1, 0.15) is 17.3 Å². The summed E-state index contributed by atoms with van der Waals surface area (Å²) < 4.78 is 75.9. The highest BCUT2D eigenvalue weighted by molar-refractivity contribution is 7.93. The van der Waals surface area contributed by atoms with Crippen LogP contribution >= 0.6 is 11.3 Å². The van der Waals surface area contributed by atoms with Gasteiger partial charge in [0.15, 0.2) is 5.13 Å². The van der Waals surface area contributed by atoms with Gasteiger partial charge >= 0.3 is 6.18 Å². The van der Waals surface area contributed by atoms with Crippen molar-refractivity contribution in [2.24, 2.45) is 12.5 Å². The average molecular weight is 579 g/mol. The van der Waals surface area contributed by atoms with Crippen LogP contribution in [0, 0.1) is 26.2 Å². The zero-order valence-corrected chi connectivity index (χ0v) is 24.0. The van der Waals surface area contributed by atoms with Crippen molar-refractivity contribution in [1.82, 2.24) is 14.8 Å². The molecule has 0 aliphatic rings. The fourth-order valence-electron chi connectivity index (χ4n) is 4.00. The van der Waals surface area contributed by atoms with Gasteiger partial charge in [-0.05, 0) is 63.4 Å². The highest BCUT2D eigenvalue weighted by atomic mass is 32.2. The van der Waals surface area contributed by atoms with E-state index in [1.165, 1.54) is 10.9 Å². The number of rotatable bonds is 8. The molecule has 0 fully saturated rings. The molecule has 0 unspecified atom stereocenters. The number of alkyl halides is 3. The molecule has 0 aliphatic carbocycles. The molecular formula is C27H29F3N4O3S2. The Morgan fingerprint density at radius 3 is 2.28 bits per heavy atom. The van der Waals surface area contributed by atoms with Gasteiger partial charge in [-0.1, -0.05) is 41.7 Å². The molecule has 0 aliphatic heterocycles. The highest BCUT2D eigenvalue weighted by Gasteiger charge is 2.48. The van der Waals surface area contributed by atoms with E-state index < -0.39 is 28.2 Å². The van der Waals surface area contributed by atoms with Crippen LogP contribution in [0.2, 0.25) is 0 Å². The zero-order chi connectivity index (χ0) is 28.8. The number of nitrogens with zero attached hydrogens (tertiary/aromatic N) is 3. The summed E-state index contributed by atoms with van der Waals surface area (Å²) in [6, 6.07) is 12.5. The standard InChI is InChI=1S/C27H29F3N4O3S2/c1-16-9-7-10-17(2)22(16)23-24(19-11-8-12-20(13-19)37-15-26(4,5)27(28,29)30)38-25(31-23)33-39(35,36)21-14-34(6)32-18(21)3/h7-14H,15H2,1-6H3,(H,31,33). The summed E-state index contributed by atoms with van der Waals surface area (Å²) in [6.45, 7) is 7.10. The fourth-order valence-corrected chi connectivity index (χ4v) is 6.42. The van der Waals surface area contributed by atoms with Crippen molar-refractivity contribution >= 4 is 26.5 Å². The van der Waals surface area contributed by atoms with Crippen LogP contribution < -0.4 is 9.46 Å². The summed E-state index contributed by atoms with van der Waals surface area (Å²) in [5.74, 6) is 0.263. The lowest BCUT2D eigenvalue weighted by Crippen LogP contribution is -2.37. The summed E-state index contributed by atoms with van der Waals surface area (Å²) in [6.07, 6.45) is -3.00. The number of hydrogen-bond donors (Lipinski definition) is 1. The van der Waals surface area contributed by atoms with Crippen LogP contribution in [0.4, 0.5) is 18.3 Å². The van der Waals surface area contributed by atoms with Crippen molar-refractivity contribution in [2.45, 2.75) is 45.7 Å². The van der Waals surface area contributed by atoms with E-state index in [1.807, 2.05) is 32.0 Å². The first-order chi connectivity index (χ1) is 18.1. The van der Waals surface area contributed by atoms with Gasteiger partial charge in [-0.3, -0.25) is 9.40 Å². The predicted octanol–water partition coefficient (Wildman–Crippen LogP) is 6.90. The smallest absolute Gasteiger partial charge is 0.397 e. The summed E-state index contributed by atoms with van der Waals surface area (Å²) in [7, 11) is -2.34. The molecule has 0 bridgehead atoms. The number of aryl methyl sites for hydroxylation is 4. The first kappa shape index (κ1) is 28.6. The topological polar surface area (TPSA) is 86.1 Å². The zero-order valence-electron chi connectivity index (χ0n) is 22.3. The number of aromatic nitrogens is 3. The monoisotopic (exact) mass is 578 g/mol. The number of ether oxygens (including phenoxy) is 1. The number of thiazole rings is 1. The van der Waals surface area contributed by atoms with Gasteiger partial charge < -0.3 is 4.74 Å². The maximum Gasteiger partial charge on any atom is 0.397 e. The summed E-state index contributed by atoms with van der Waals surface area (Å²) in [5.41, 5.74) is 2.24. The van der Waals surface area contributed by atoms with E-state index in [4.69, 9.17) is 4.74 Å². The van der Waals surface area contributed by atoms with Gasteiger partial charge in [-0.15, -0.1) is 0 Å². The minimum Gasteiger partial charge on any atom is -0.493 e. The van der Waals surface area contributed by atoms with Crippen LogP contribution in [0.5, 0.6) is 5.75 Å².